The maximum Gasteiger partial charge on any atom is 0.227 e. The number of aliphatic hydroxyl groups excluding tert-OH is 1. The van der Waals surface area contributed by atoms with Crippen molar-refractivity contribution in [3.63, 3.8) is 0 Å². The number of aromatic nitrogens is 1. The molecule has 5 nitrogen and oxygen atoms in total. The Bertz CT molecular complexity index is 895. The molecule has 0 radical (unpaired) electrons. The van der Waals surface area contributed by atoms with E-state index in [2.05, 4.69) is 4.57 Å². The molecule has 2 heterocycles. The lowest BCUT2D eigenvalue weighted by Crippen LogP contribution is -2.54. The van der Waals surface area contributed by atoms with Crippen molar-refractivity contribution in [1.29, 1.82) is 0 Å². The van der Waals surface area contributed by atoms with Crippen LogP contribution in [0.1, 0.15) is 45.7 Å². The highest BCUT2D eigenvalue weighted by Crippen LogP contribution is 2.31. The Morgan fingerprint density at radius 1 is 1.22 bits per heavy atom. The molecule has 2 aliphatic rings. The molecule has 1 N–H and O–H groups in total. The number of carbonyl (C=O) groups excluding carboxylic acids is 2. The van der Waals surface area contributed by atoms with E-state index in [4.69, 9.17) is 0 Å². The molecule has 27 heavy (non-hydrogen) atoms. The van der Waals surface area contributed by atoms with Crippen LogP contribution in [0.15, 0.2) is 24.3 Å². The van der Waals surface area contributed by atoms with Gasteiger partial charge in [0.15, 0.2) is 5.78 Å². The largest absolute Gasteiger partial charge is 0.389 e. The molecule has 0 unspecified atom stereocenters. The van der Waals surface area contributed by atoms with Gasteiger partial charge in [-0.3, -0.25) is 9.59 Å². The monoisotopic (exact) mass is 370 g/mol. The normalized spacial score (nSPS) is 17.0. The number of halogens is 1. The Balaban J connectivity index is 1.68. The Labute approximate surface area is 157 Å². The average Bonchev–Trinajstić information content (AvgIpc) is 2.87. The van der Waals surface area contributed by atoms with Crippen molar-refractivity contribution in [3.8, 4) is 0 Å². The summed E-state index contributed by atoms with van der Waals surface area (Å²) in [5, 5.41) is 9.43. The quantitative estimate of drug-likeness (QED) is 0.898. The van der Waals surface area contributed by atoms with Gasteiger partial charge < -0.3 is 14.6 Å². The first-order chi connectivity index (χ1) is 12.9. The molecule has 6 heteroatoms. The summed E-state index contributed by atoms with van der Waals surface area (Å²) in [6.07, 6.45) is 1.87. The first kappa shape index (κ1) is 17.9. The molecule has 0 atom stereocenters. The number of aliphatic hydroxyl groups is 1. The van der Waals surface area contributed by atoms with Crippen LogP contribution >= 0.6 is 0 Å². The molecule has 0 saturated carbocycles. The number of fused-ring (bicyclic) bond motifs is 1. The molecule has 0 spiro atoms. The van der Waals surface area contributed by atoms with E-state index in [-0.39, 0.29) is 23.9 Å². The summed E-state index contributed by atoms with van der Waals surface area (Å²) < 4.78 is 15.3. The Morgan fingerprint density at radius 3 is 2.59 bits per heavy atom. The minimum absolute atomic E-state index is 0.0523. The van der Waals surface area contributed by atoms with E-state index >= 15 is 0 Å². The molecule has 0 bridgehead atoms. The number of likely N-dealkylation sites (tertiary alicyclic amines) is 1. The van der Waals surface area contributed by atoms with Gasteiger partial charge in [0.25, 0.3) is 0 Å². The number of amides is 1. The summed E-state index contributed by atoms with van der Waals surface area (Å²) in [5.41, 5.74) is 4.38. The Kier molecular flexibility index (Phi) is 4.60. The lowest BCUT2D eigenvalue weighted by Gasteiger charge is -2.36. The average molecular weight is 370 g/mol. The van der Waals surface area contributed by atoms with Crippen molar-refractivity contribution in [2.24, 2.45) is 0 Å². The first-order valence-electron chi connectivity index (χ1n) is 9.38. The molecule has 1 aliphatic carbocycles. The Hall–Kier alpha value is -2.47. The standard InChI is InChI=1S/C21H23FN2O3/c1-13-17(9-20(27)23-11-16(25)12-23)21-18(3-2-4-19(21)26)24(13)10-14-5-7-15(22)8-6-14/h5-8,16,25H,2-4,9-12H2,1H3. The molecule has 1 aliphatic heterocycles. The van der Waals surface area contributed by atoms with Crippen LogP contribution in [0.5, 0.6) is 0 Å². The van der Waals surface area contributed by atoms with Crippen molar-refractivity contribution in [3.05, 3.63) is 58.2 Å². The number of hydrogen-bond acceptors (Lipinski definition) is 3. The molecular formula is C21H23FN2O3. The molecule has 2 aromatic rings. The van der Waals surface area contributed by atoms with Crippen LogP contribution in [0.3, 0.4) is 0 Å². The van der Waals surface area contributed by atoms with Crippen LogP contribution in [0.2, 0.25) is 0 Å². The van der Waals surface area contributed by atoms with Crippen molar-refractivity contribution in [2.45, 2.75) is 45.3 Å². The number of β-amino-alcohol motifs (C(OH)–C–C–N with tert-alkyl or cyclic N) is 1. The van der Waals surface area contributed by atoms with Crippen molar-refractivity contribution in [1.82, 2.24) is 9.47 Å². The second-order valence-corrected chi connectivity index (χ2v) is 7.50. The SMILES string of the molecule is Cc1c(CC(=O)N2CC(O)C2)c2c(n1Cc1ccc(F)cc1)CCCC2=O. The summed E-state index contributed by atoms with van der Waals surface area (Å²) in [7, 11) is 0. The molecular weight excluding hydrogens is 347 g/mol. The van der Waals surface area contributed by atoms with E-state index in [1.807, 2.05) is 6.92 Å². The number of nitrogens with zero attached hydrogens (tertiary/aromatic N) is 2. The minimum Gasteiger partial charge on any atom is -0.389 e. The number of rotatable bonds is 4. The zero-order chi connectivity index (χ0) is 19.1. The Morgan fingerprint density at radius 2 is 1.93 bits per heavy atom. The van der Waals surface area contributed by atoms with E-state index in [1.54, 1.807) is 17.0 Å². The van der Waals surface area contributed by atoms with E-state index in [1.165, 1.54) is 12.1 Å². The number of carbonyl (C=O) groups is 2. The van der Waals surface area contributed by atoms with E-state index in [0.29, 0.717) is 31.6 Å². The second kappa shape index (κ2) is 6.93. The van der Waals surface area contributed by atoms with Crippen LogP contribution in [0.25, 0.3) is 0 Å². The summed E-state index contributed by atoms with van der Waals surface area (Å²) in [4.78, 5) is 26.8. The van der Waals surface area contributed by atoms with Crippen LogP contribution in [-0.4, -0.2) is 45.5 Å². The van der Waals surface area contributed by atoms with Gasteiger partial charge >= 0.3 is 0 Å². The molecule has 142 valence electrons. The maximum absolute atomic E-state index is 13.2. The topological polar surface area (TPSA) is 62.5 Å². The highest BCUT2D eigenvalue weighted by molar-refractivity contribution is 6.01. The van der Waals surface area contributed by atoms with Gasteiger partial charge in [-0.2, -0.15) is 0 Å². The van der Waals surface area contributed by atoms with Crippen LogP contribution in [-0.2, 0) is 24.2 Å². The van der Waals surface area contributed by atoms with Gasteiger partial charge in [-0.1, -0.05) is 12.1 Å². The lowest BCUT2D eigenvalue weighted by atomic mass is 9.91. The summed E-state index contributed by atoms with van der Waals surface area (Å²) in [6.45, 7) is 3.23. The van der Waals surface area contributed by atoms with Gasteiger partial charge in [-0.05, 0) is 43.0 Å². The lowest BCUT2D eigenvalue weighted by molar-refractivity contribution is -0.140. The van der Waals surface area contributed by atoms with Crippen LogP contribution < -0.4 is 0 Å². The van der Waals surface area contributed by atoms with E-state index in [9.17, 15) is 19.1 Å². The first-order valence-corrected chi connectivity index (χ1v) is 9.38. The summed E-state index contributed by atoms with van der Waals surface area (Å²) >= 11 is 0. The van der Waals surface area contributed by atoms with E-state index < -0.39 is 6.10 Å². The number of Topliss-reactive ketones (excluding diaryl/α,β-unsaturated/α-hetero) is 1. The number of ketones is 1. The van der Waals surface area contributed by atoms with Crippen LogP contribution in [0, 0.1) is 12.7 Å². The summed E-state index contributed by atoms with van der Waals surface area (Å²) in [5.74, 6) is -0.227. The predicted molar refractivity (Wildman–Crippen MR) is 98.2 cm³/mol. The molecule has 1 saturated heterocycles. The zero-order valence-electron chi connectivity index (χ0n) is 15.4. The van der Waals surface area contributed by atoms with Crippen molar-refractivity contribution in [2.75, 3.05) is 13.1 Å². The highest BCUT2D eigenvalue weighted by atomic mass is 19.1. The second-order valence-electron chi connectivity index (χ2n) is 7.50. The van der Waals surface area contributed by atoms with Gasteiger partial charge in [-0.25, -0.2) is 4.39 Å². The van der Waals surface area contributed by atoms with E-state index in [0.717, 1.165) is 35.4 Å². The molecule has 1 aromatic heterocycles. The maximum atomic E-state index is 13.2. The fourth-order valence-electron chi connectivity index (χ4n) is 4.11. The van der Waals surface area contributed by atoms with Gasteiger partial charge in [0.05, 0.1) is 12.5 Å². The fraction of sp³-hybridized carbons (Fsp3) is 0.429. The van der Waals surface area contributed by atoms with Gasteiger partial charge in [0, 0.05) is 43.0 Å². The van der Waals surface area contributed by atoms with Gasteiger partial charge in [0.2, 0.25) is 5.91 Å². The smallest absolute Gasteiger partial charge is 0.227 e. The predicted octanol–water partition coefficient (Wildman–Crippen LogP) is 2.25. The molecule has 1 aromatic carbocycles. The fourth-order valence-corrected chi connectivity index (χ4v) is 4.11. The highest BCUT2D eigenvalue weighted by Gasteiger charge is 2.33. The number of benzene rings is 1. The zero-order valence-corrected chi connectivity index (χ0v) is 15.4. The minimum atomic E-state index is -0.436. The third-order valence-corrected chi connectivity index (χ3v) is 5.65. The van der Waals surface area contributed by atoms with Crippen molar-refractivity contribution >= 4 is 11.7 Å². The number of hydrogen-bond donors (Lipinski definition) is 1. The third kappa shape index (κ3) is 3.30. The van der Waals surface area contributed by atoms with Crippen LogP contribution in [0.4, 0.5) is 4.39 Å². The van der Waals surface area contributed by atoms with Gasteiger partial charge in [0.1, 0.15) is 5.82 Å². The third-order valence-electron chi connectivity index (χ3n) is 5.65. The summed E-state index contributed by atoms with van der Waals surface area (Å²) in [6, 6.07) is 6.37. The van der Waals surface area contributed by atoms with Gasteiger partial charge in [-0.15, -0.1) is 0 Å². The molecule has 1 fully saturated rings. The molecule has 1 amide bonds. The molecule has 4 rings (SSSR count). The van der Waals surface area contributed by atoms with Crippen molar-refractivity contribution < 1.29 is 19.1 Å².